The number of rotatable bonds is 13. The van der Waals surface area contributed by atoms with Gasteiger partial charge >= 0.3 is 0 Å². The number of hydrogen-bond acceptors (Lipinski definition) is 5. The van der Waals surface area contributed by atoms with Gasteiger partial charge in [0.05, 0.1) is 12.8 Å². The van der Waals surface area contributed by atoms with Crippen LogP contribution < -0.4 is 4.74 Å². The minimum atomic E-state index is -0.0960. The number of carbonyl (C=O) groups is 1. The van der Waals surface area contributed by atoms with Crippen LogP contribution in [0.5, 0.6) is 5.88 Å². The molecule has 1 aromatic rings. The monoisotopic (exact) mass is 485 g/mol. The fourth-order valence-electron chi connectivity index (χ4n) is 3.45. The van der Waals surface area contributed by atoms with Crippen molar-refractivity contribution in [2.24, 2.45) is 0 Å². The number of carbonyl (C=O) groups excluding carboxylic acids is 1. The number of methoxy groups -OCH3 is 1. The molecule has 0 saturated carbocycles. The maximum Gasteiger partial charge on any atom is 0.246 e. The summed E-state index contributed by atoms with van der Waals surface area (Å²) < 4.78 is 5.29. The van der Waals surface area contributed by atoms with Crippen molar-refractivity contribution in [1.82, 2.24) is 14.8 Å². The van der Waals surface area contributed by atoms with Gasteiger partial charge in [-0.1, -0.05) is 45.1 Å². The van der Waals surface area contributed by atoms with Crippen molar-refractivity contribution in [3.05, 3.63) is 65.0 Å². The number of hydrogen-bond donors (Lipinski definition) is 1. The zero-order valence-electron chi connectivity index (χ0n) is 23.4. The van der Waals surface area contributed by atoms with E-state index in [1.54, 1.807) is 25.1 Å². The topological polar surface area (TPSA) is 65.9 Å². The first kappa shape index (κ1) is 32.0. The van der Waals surface area contributed by atoms with E-state index in [1.807, 2.05) is 40.7 Å². The van der Waals surface area contributed by atoms with Gasteiger partial charge < -0.3 is 19.6 Å². The normalized spacial score (nSPS) is 12.0. The summed E-state index contributed by atoms with van der Waals surface area (Å²) in [6, 6.07) is 1.88. The van der Waals surface area contributed by atoms with Crippen LogP contribution in [-0.4, -0.2) is 59.6 Å². The van der Waals surface area contributed by atoms with Crippen LogP contribution in [0.15, 0.2) is 48.2 Å². The van der Waals surface area contributed by atoms with E-state index in [4.69, 9.17) is 4.74 Å². The highest BCUT2D eigenvalue weighted by atomic mass is 16.5. The van der Waals surface area contributed by atoms with Crippen LogP contribution in [0, 0.1) is 6.92 Å². The minimum absolute atomic E-state index is 0.0721. The highest BCUT2D eigenvalue weighted by Gasteiger charge is 2.11. The van der Waals surface area contributed by atoms with E-state index in [0.29, 0.717) is 23.7 Å². The van der Waals surface area contributed by atoms with Crippen LogP contribution in [0.1, 0.15) is 71.2 Å². The molecule has 0 radical (unpaired) electrons. The quantitative estimate of drug-likeness (QED) is 0.150. The molecular formula is C29H47N3O3. The van der Waals surface area contributed by atoms with Gasteiger partial charge in [0.25, 0.3) is 0 Å². The predicted octanol–water partition coefficient (Wildman–Crippen LogP) is 6.48. The van der Waals surface area contributed by atoms with Crippen molar-refractivity contribution in [3.8, 4) is 5.88 Å². The SMILES string of the molecule is C/C=C\C/C=C(\C)N(CC)CCCN(C)C(=O)/C=C/C=C(\O)c1cc(CC)c(OC)nc1C.CC. The zero-order valence-corrected chi connectivity index (χ0v) is 23.4. The third-order valence-electron chi connectivity index (χ3n) is 5.56. The summed E-state index contributed by atoms with van der Waals surface area (Å²) in [7, 11) is 3.39. The minimum Gasteiger partial charge on any atom is -0.507 e. The Bertz CT molecular complexity index is 885. The van der Waals surface area contributed by atoms with E-state index in [1.165, 1.54) is 17.8 Å². The molecule has 0 fully saturated rings. The Hall–Kier alpha value is -3.02. The smallest absolute Gasteiger partial charge is 0.246 e. The maximum absolute atomic E-state index is 12.4. The van der Waals surface area contributed by atoms with Gasteiger partial charge in [-0.2, -0.15) is 0 Å². The van der Waals surface area contributed by atoms with Gasteiger partial charge in [-0.3, -0.25) is 4.79 Å². The van der Waals surface area contributed by atoms with Gasteiger partial charge in [-0.15, -0.1) is 0 Å². The van der Waals surface area contributed by atoms with Crippen molar-refractivity contribution >= 4 is 11.7 Å². The van der Waals surface area contributed by atoms with Gasteiger partial charge in [0, 0.05) is 49.6 Å². The lowest BCUT2D eigenvalue weighted by molar-refractivity contribution is -0.124. The average molecular weight is 486 g/mol. The second-order valence-electron chi connectivity index (χ2n) is 7.90. The number of ether oxygens (including phenoxy) is 1. The highest BCUT2D eigenvalue weighted by molar-refractivity contribution is 5.87. The third kappa shape index (κ3) is 11.3. The molecule has 6 heteroatoms. The molecule has 0 atom stereocenters. The molecule has 1 heterocycles. The highest BCUT2D eigenvalue weighted by Crippen LogP contribution is 2.24. The van der Waals surface area contributed by atoms with E-state index < -0.39 is 0 Å². The Morgan fingerprint density at radius 1 is 1.23 bits per heavy atom. The molecule has 0 aliphatic heterocycles. The Morgan fingerprint density at radius 2 is 1.91 bits per heavy atom. The van der Waals surface area contributed by atoms with E-state index in [2.05, 4.69) is 42.0 Å². The van der Waals surface area contributed by atoms with Crippen molar-refractivity contribution in [1.29, 1.82) is 0 Å². The van der Waals surface area contributed by atoms with E-state index >= 15 is 0 Å². The van der Waals surface area contributed by atoms with Gasteiger partial charge in [0.1, 0.15) is 5.76 Å². The number of pyridine rings is 1. The molecule has 1 N–H and O–H groups in total. The number of amides is 1. The Morgan fingerprint density at radius 3 is 2.49 bits per heavy atom. The van der Waals surface area contributed by atoms with Gasteiger partial charge in [-0.05, 0) is 59.1 Å². The number of allylic oxidation sites excluding steroid dienone is 6. The molecule has 0 aromatic carbocycles. The third-order valence-corrected chi connectivity index (χ3v) is 5.56. The summed E-state index contributed by atoms with van der Waals surface area (Å²) in [5.74, 6) is 0.549. The van der Waals surface area contributed by atoms with Crippen LogP contribution >= 0.6 is 0 Å². The van der Waals surface area contributed by atoms with Gasteiger partial charge in [0.15, 0.2) is 0 Å². The zero-order chi connectivity index (χ0) is 26.8. The van der Waals surface area contributed by atoms with Crippen molar-refractivity contribution in [3.63, 3.8) is 0 Å². The summed E-state index contributed by atoms with van der Waals surface area (Å²) >= 11 is 0. The first-order valence-electron chi connectivity index (χ1n) is 12.7. The lowest BCUT2D eigenvalue weighted by atomic mass is 10.1. The Kier molecular flexibility index (Phi) is 16.7. The lowest BCUT2D eigenvalue weighted by Crippen LogP contribution is -2.30. The van der Waals surface area contributed by atoms with Crippen LogP contribution in [-0.2, 0) is 11.2 Å². The summed E-state index contributed by atoms with van der Waals surface area (Å²) in [5.41, 5.74) is 3.49. The molecule has 1 rings (SSSR count). The van der Waals surface area contributed by atoms with Crippen LogP contribution in [0.4, 0.5) is 0 Å². The second kappa shape index (κ2) is 18.3. The molecule has 35 heavy (non-hydrogen) atoms. The van der Waals surface area contributed by atoms with E-state index in [9.17, 15) is 9.90 Å². The first-order chi connectivity index (χ1) is 16.8. The number of aliphatic hydroxyl groups is 1. The van der Waals surface area contributed by atoms with E-state index in [-0.39, 0.29) is 11.7 Å². The predicted molar refractivity (Wildman–Crippen MR) is 149 cm³/mol. The molecule has 1 amide bonds. The van der Waals surface area contributed by atoms with Crippen molar-refractivity contribution in [2.45, 2.75) is 67.7 Å². The standard InChI is InChI=1S/C27H41N3O3.C2H6/c1-8-11-12-15-21(4)30(10-3)19-14-18-29(6)26(32)17-13-16-25(31)24-20-23(9-2)27(33-7)28-22(24)5;1-2/h8,11,13,15-17,20,31H,9-10,12,14,18-19H2,1-7H3;1-2H3/b11-8-,17-13+,21-15+,25-16-;. The molecule has 0 bridgehead atoms. The summed E-state index contributed by atoms with van der Waals surface area (Å²) in [5, 5.41) is 10.5. The van der Waals surface area contributed by atoms with Crippen LogP contribution in [0.2, 0.25) is 0 Å². The number of likely N-dealkylation sites (N-methyl/N-ethyl adjacent to an activating group) is 1. The summed E-state index contributed by atoms with van der Waals surface area (Å²) in [6.45, 7) is 16.6. The fraction of sp³-hybridized carbons (Fsp3) is 0.517. The molecule has 6 nitrogen and oxygen atoms in total. The molecule has 0 spiro atoms. The van der Waals surface area contributed by atoms with Crippen molar-refractivity contribution in [2.75, 3.05) is 33.8 Å². The second-order valence-corrected chi connectivity index (χ2v) is 7.90. The fourth-order valence-corrected chi connectivity index (χ4v) is 3.45. The lowest BCUT2D eigenvalue weighted by Gasteiger charge is -2.25. The maximum atomic E-state index is 12.4. The summed E-state index contributed by atoms with van der Waals surface area (Å²) in [4.78, 5) is 20.9. The molecule has 0 aliphatic rings. The number of aliphatic hydroxyl groups excluding tert-OH is 1. The summed E-state index contributed by atoms with van der Waals surface area (Å²) in [6.07, 6.45) is 13.6. The number of aromatic nitrogens is 1. The largest absolute Gasteiger partial charge is 0.507 e. The van der Waals surface area contributed by atoms with Gasteiger partial charge in [-0.25, -0.2) is 4.98 Å². The number of aryl methyl sites for hydroxylation is 2. The van der Waals surface area contributed by atoms with Crippen LogP contribution in [0.25, 0.3) is 5.76 Å². The average Bonchev–Trinajstić information content (AvgIpc) is 2.87. The van der Waals surface area contributed by atoms with Gasteiger partial charge in [0.2, 0.25) is 11.8 Å². The Labute approximate surface area is 213 Å². The van der Waals surface area contributed by atoms with Crippen molar-refractivity contribution < 1.29 is 14.6 Å². The molecule has 196 valence electrons. The van der Waals surface area contributed by atoms with E-state index in [0.717, 1.165) is 37.9 Å². The molecule has 1 aromatic heterocycles. The Balaban J connectivity index is 0.00000562. The van der Waals surface area contributed by atoms with Crippen LogP contribution in [0.3, 0.4) is 0 Å². The number of nitrogens with zero attached hydrogens (tertiary/aromatic N) is 3. The molecular weight excluding hydrogens is 438 g/mol. The molecule has 0 aliphatic carbocycles. The molecule has 0 unspecified atom stereocenters. The first-order valence-corrected chi connectivity index (χ1v) is 12.7. The molecule has 0 saturated heterocycles.